The van der Waals surface area contributed by atoms with Gasteiger partial charge in [-0.2, -0.15) is 9.97 Å². The standard InChI is InChI=1S/C35H56N6O7Si/c1-32(2,3)46-29(42)40(23-17-18-23)27-25-26(37-28(38-27)41(30(43)47-33(4,5)6)31(44)48-34(7,8)9)39(21-36-25)24-16-15-22(19-24)20-45-49(13,14)35(10,11)12/h15-16,21-24H,17-20H2,1-14H3. The normalized spacial score (nSPS) is 18.8. The molecule has 2 aliphatic carbocycles. The van der Waals surface area contributed by atoms with E-state index >= 15 is 0 Å². The second kappa shape index (κ2) is 13.3. The number of nitrogens with zero attached hydrogens (tertiary/aromatic N) is 6. The van der Waals surface area contributed by atoms with E-state index in [0.29, 0.717) is 22.7 Å². The molecule has 49 heavy (non-hydrogen) atoms. The number of carbonyl (C=O) groups excluding carboxylic acids is 3. The van der Waals surface area contributed by atoms with Crippen LogP contribution in [0.5, 0.6) is 0 Å². The van der Waals surface area contributed by atoms with Crippen molar-refractivity contribution in [3.63, 3.8) is 0 Å². The largest absolute Gasteiger partial charge is 0.443 e. The van der Waals surface area contributed by atoms with E-state index in [2.05, 4.69) is 51.0 Å². The molecule has 272 valence electrons. The van der Waals surface area contributed by atoms with E-state index in [4.69, 9.17) is 28.6 Å². The summed E-state index contributed by atoms with van der Waals surface area (Å²) in [6.45, 7) is 27.3. The topological polar surface area (TPSA) is 138 Å². The minimum Gasteiger partial charge on any atom is -0.443 e. The number of hydrogen-bond acceptors (Lipinski definition) is 10. The van der Waals surface area contributed by atoms with E-state index in [1.807, 2.05) is 4.57 Å². The monoisotopic (exact) mass is 700 g/mol. The third-order valence-electron chi connectivity index (χ3n) is 8.45. The van der Waals surface area contributed by atoms with Crippen molar-refractivity contribution in [2.24, 2.45) is 5.92 Å². The Labute approximate surface area is 291 Å². The Bertz CT molecular complexity index is 1560. The first kappa shape index (κ1) is 38.3. The Morgan fingerprint density at radius 3 is 1.84 bits per heavy atom. The van der Waals surface area contributed by atoms with E-state index in [0.717, 1.165) is 19.3 Å². The molecule has 0 N–H and O–H groups in total. The molecule has 0 aliphatic heterocycles. The summed E-state index contributed by atoms with van der Waals surface area (Å²) in [6, 6.07) is -0.355. The molecule has 2 aliphatic rings. The molecule has 4 rings (SSSR count). The maximum absolute atomic E-state index is 13.7. The highest BCUT2D eigenvalue weighted by Gasteiger charge is 2.42. The van der Waals surface area contributed by atoms with E-state index in [1.165, 1.54) is 4.90 Å². The minimum absolute atomic E-state index is 0.0920. The molecule has 2 aromatic rings. The molecule has 2 heterocycles. The van der Waals surface area contributed by atoms with Crippen LogP contribution in [0.25, 0.3) is 11.2 Å². The lowest BCUT2D eigenvalue weighted by Gasteiger charge is -2.36. The maximum atomic E-state index is 13.7. The third kappa shape index (κ3) is 9.59. The molecule has 3 amide bonds. The summed E-state index contributed by atoms with van der Waals surface area (Å²) >= 11 is 0. The van der Waals surface area contributed by atoms with Crippen LogP contribution >= 0.6 is 0 Å². The van der Waals surface area contributed by atoms with Gasteiger partial charge in [0, 0.05) is 18.6 Å². The first-order valence-electron chi connectivity index (χ1n) is 17.1. The molecule has 0 bridgehead atoms. The fourth-order valence-corrected chi connectivity index (χ4v) is 5.98. The molecule has 1 saturated carbocycles. The van der Waals surface area contributed by atoms with E-state index in [-0.39, 0.29) is 34.8 Å². The van der Waals surface area contributed by atoms with Gasteiger partial charge in [-0.15, -0.1) is 4.90 Å². The van der Waals surface area contributed by atoms with Crippen LogP contribution in [0.3, 0.4) is 0 Å². The first-order chi connectivity index (χ1) is 22.3. The van der Waals surface area contributed by atoms with Gasteiger partial charge in [0.25, 0.3) is 0 Å². The van der Waals surface area contributed by atoms with Crippen LogP contribution in [0.4, 0.5) is 26.1 Å². The summed E-state index contributed by atoms with van der Waals surface area (Å²) in [5.74, 6) is -0.00347. The smallest absolute Gasteiger partial charge is 0.427 e. The van der Waals surface area contributed by atoms with Gasteiger partial charge in [0.15, 0.2) is 25.3 Å². The Kier molecular flexibility index (Phi) is 10.4. The number of fused-ring (bicyclic) bond motifs is 1. The second-order valence-corrected chi connectivity index (χ2v) is 22.4. The van der Waals surface area contributed by atoms with Crippen molar-refractivity contribution >= 4 is 49.5 Å². The van der Waals surface area contributed by atoms with Crippen LogP contribution in [0.15, 0.2) is 18.5 Å². The van der Waals surface area contributed by atoms with Crippen LogP contribution in [-0.4, -0.2) is 75.6 Å². The van der Waals surface area contributed by atoms with Crippen LogP contribution in [-0.2, 0) is 18.6 Å². The number of imide groups is 1. The molecule has 13 nitrogen and oxygen atoms in total. The van der Waals surface area contributed by atoms with Gasteiger partial charge in [0.1, 0.15) is 16.8 Å². The average Bonchev–Trinajstić information content (AvgIpc) is 3.44. The summed E-state index contributed by atoms with van der Waals surface area (Å²) in [5.41, 5.74) is -2.00. The summed E-state index contributed by atoms with van der Waals surface area (Å²) in [7, 11) is -1.95. The number of aromatic nitrogens is 4. The number of amides is 3. The SMILES string of the molecule is CC(C)(C)OC(=O)N(C(=O)OC(C)(C)C)c1nc(N(C(=O)OC(C)(C)C)C2CC2)c2ncn(C3C=CC(CO[Si](C)(C)C(C)(C)C)C3)c2n1. The molecule has 2 atom stereocenters. The van der Waals surface area contributed by atoms with Gasteiger partial charge >= 0.3 is 18.3 Å². The predicted octanol–water partition coefficient (Wildman–Crippen LogP) is 8.55. The summed E-state index contributed by atoms with van der Waals surface area (Å²) in [5, 5.41) is 0.0920. The Balaban J connectivity index is 1.84. The molecule has 14 heteroatoms. The zero-order valence-electron chi connectivity index (χ0n) is 31.8. The average molecular weight is 701 g/mol. The van der Waals surface area contributed by atoms with Crippen molar-refractivity contribution in [2.45, 2.75) is 149 Å². The summed E-state index contributed by atoms with van der Waals surface area (Å²) in [6.07, 6.45) is 5.44. The molecular formula is C35H56N6O7Si. The summed E-state index contributed by atoms with van der Waals surface area (Å²) < 4.78 is 25.5. The van der Waals surface area contributed by atoms with Gasteiger partial charge in [-0.3, -0.25) is 4.90 Å². The first-order valence-corrected chi connectivity index (χ1v) is 20.0. The van der Waals surface area contributed by atoms with Gasteiger partial charge < -0.3 is 23.2 Å². The van der Waals surface area contributed by atoms with Crippen molar-refractivity contribution in [1.82, 2.24) is 19.5 Å². The zero-order valence-corrected chi connectivity index (χ0v) is 32.8. The quantitative estimate of drug-likeness (QED) is 0.157. The third-order valence-corrected chi connectivity index (χ3v) is 12.9. The Hall–Kier alpha value is -3.52. The van der Waals surface area contributed by atoms with Crippen molar-refractivity contribution in [2.75, 3.05) is 16.4 Å². The number of rotatable bonds is 7. The fraction of sp³-hybridized carbons (Fsp3) is 0.714. The highest BCUT2D eigenvalue weighted by molar-refractivity contribution is 6.74. The maximum Gasteiger partial charge on any atom is 0.427 e. The molecular weight excluding hydrogens is 645 g/mol. The molecule has 0 radical (unpaired) electrons. The highest BCUT2D eigenvalue weighted by atomic mass is 28.4. The second-order valence-electron chi connectivity index (χ2n) is 17.6. The van der Waals surface area contributed by atoms with Gasteiger partial charge in [-0.25, -0.2) is 19.4 Å². The van der Waals surface area contributed by atoms with Crippen molar-refractivity contribution in [1.29, 1.82) is 0 Å². The van der Waals surface area contributed by atoms with Gasteiger partial charge in [-0.05, 0) is 99.7 Å². The number of allylic oxidation sites excluding steroid dienone is 1. The molecule has 0 saturated heterocycles. The van der Waals surface area contributed by atoms with Crippen LogP contribution in [0, 0.1) is 5.92 Å². The highest BCUT2D eigenvalue weighted by Crippen LogP contribution is 2.40. The van der Waals surface area contributed by atoms with E-state index < -0.39 is 43.4 Å². The number of imidazole rings is 1. The van der Waals surface area contributed by atoms with E-state index in [9.17, 15) is 14.4 Å². The van der Waals surface area contributed by atoms with Crippen molar-refractivity contribution in [3.8, 4) is 0 Å². The van der Waals surface area contributed by atoms with Crippen LogP contribution < -0.4 is 9.80 Å². The van der Waals surface area contributed by atoms with Crippen LogP contribution in [0.1, 0.15) is 108 Å². The fourth-order valence-electron chi connectivity index (χ4n) is 4.92. The summed E-state index contributed by atoms with van der Waals surface area (Å²) in [4.78, 5) is 57.4. The lowest BCUT2D eigenvalue weighted by Crippen LogP contribution is -2.45. The Morgan fingerprint density at radius 1 is 0.816 bits per heavy atom. The molecule has 2 unspecified atom stereocenters. The molecule has 0 spiro atoms. The predicted molar refractivity (Wildman–Crippen MR) is 191 cm³/mol. The van der Waals surface area contributed by atoms with Gasteiger partial charge in [-0.1, -0.05) is 32.9 Å². The van der Waals surface area contributed by atoms with Crippen molar-refractivity contribution in [3.05, 3.63) is 18.5 Å². The lowest BCUT2D eigenvalue weighted by atomic mass is 10.1. The zero-order chi connectivity index (χ0) is 36.9. The van der Waals surface area contributed by atoms with Gasteiger partial charge in [0.05, 0.1) is 12.4 Å². The van der Waals surface area contributed by atoms with Gasteiger partial charge in [0.2, 0.25) is 5.95 Å². The molecule has 0 aromatic carbocycles. The minimum atomic E-state index is -1.95. The number of anilines is 2. The van der Waals surface area contributed by atoms with E-state index in [1.54, 1.807) is 68.6 Å². The number of carbonyl (C=O) groups is 3. The number of ether oxygens (including phenoxy) is 3. The Morgan fingerprint density at radius 2 is 1.35 bits per heavy atom. The number of hydrogen-bond donors (Lipinski definition) is 0. The molecule has 2 aromatic heterocycles. The van der Waals surface area contributed by atoms with Crippen molar-refractivity contribution < 1.29 is 33.0 Å². The molecule has 1 fully saturated rings. The van der Waals surface area contributed by atoms with Crippen LogP contribution in [0.2, 0.25) is 18.1 Å². The lowest BCUT2D eigenvalue weighted by molar-refractivity contribution is 0.0426.